The molecule has 3 rings (SSSR count). The number of carbonyl (C=O) groups excluding carboxylic acids is 2. The molecule has 1 aliphatic carbocycles. The number of amides is 1. The second kappa shape index (κ2) is 8.50. The Kier molecular flexibility index (Phi) is 6.41. The zero-order chi connectivity index (χ0) is 21.2. The van der Waals surface area contributed by atoms with Gasteiger partial charge in [0.25, 0.3) is 5.91 Å². The number of hydrogen-bond donors (Lipinski definition) is 1. The third-order valence-corrected chi connectivity index (χ3v) is 6.07. The minimum absolute atomic E-state index is 0.0688. The maximum atomic E-state index is 12.6. The van der Waals surface area contributed by atoms with Gasteiger partial charge in [-0.25, -0.2) is 4.98 Å². The molecule has 1 aromatic carbocycles. The van der Waals surface area contributed by atoms with E-state index in [1.165, 1.54) is 11.3 Å². The lowest BCUT2D eigenvalue weighted by Crippen LogP contribution is -2.42. The molecule has 0 aliphatic heterocycles. The Morgan fingerprint density at radius 1 is 1.31 bits per heavy atom. The Labute approximate surface area is 183 Å². The largest absolute Gasteiger partial charge is 0.478 e. The van der Waals surface area contributed by atoms with Crippen LogP contribution >= 0.6 is 34.5 Å². The summed E-state index contributed by atoms with van der Waals surface area (Å²) in [6, 6.07) is 7.41. The van der Waals surface area contributed by atoms with Gasteiger partial charge in [-0.05, 0) is 44.9 Å². The Hall–Kier alpha value is -1.83. The summed E-state index contributed by atoms with van der Waals surface area (Å²) < 4.78 is 10.1. The zero-order valence-electron chi connectivity index (χ0n) is 16.3. The molecular formula is C20H22Cl2N2O4S. The van der Waals surface area contributed by atoms with E-state index in [9.17, 15) is 9.59 Å². The summed E-state index contributed by atoms with van der Waals surface area (Å²) in [6.07, 6.45) is 0.801. The van der Waals surface area contributed by atoms with Crippen LogP contribution in [0.25, 0.3) is 0 Å². The highest BCUT2D eigenvalue weighted by molar-refractivity contribution is 7.14. The third-order valence-electron chi connectivity index (χ3n) is 4.43. The van der Waals surface area contributed by atoms with Gasteiger partial charge in [0, 0.05) is 11.3 Å². The van der Waals surface area contributed by atoms with E-state index in [4.69, 9.17) is 32.7 Å². The summed E-state index contributed by atoms with van der Waals surface area (Å²) in [7, 11) is 0. The topological polar surface area (TPSA) is 77.5 Å². The van der Waals surface area contributed by atoms with Crippen LogP contribution in [0.4, 0.5) is 5.13 Å². The van der Waals surface area contributed by atoms with E-state index in [-0.39, 0.29) is 24.2 Å². The van der Waals surface area contributed by atoms with Crippen LogP contribution in [0.2, 0.25) is 0 Å². The van der Waals surface area contributed by atoms with Crippen LogP contribution in [0.15, 0.2) is 29.6 Å². The minimum Gasteiger partial charge on any atom is -0.478 e. The Balaban J connectivity index is 1.57. The molecule has 0 radical (unpaired) electrons. The fourth-order valence-electron chi connectivity index (χ4n) is 2.74. The molecule has 156 valence electrons. The number of benzene rings is 1. The van der Waals surface area contributed by atoms with Gasteiger partial charge in [0.15, 0.2) is 10.7 Å². The van der Waals surface area contributed by atoms with Crippen LogP contribution in [0, 0.1) is 0 Å². The molecule has 1 atom stereocenters. The lowest BCUT2D eigenvalue weighted by atomic mass is 10.1. The average Bonchev–Trinajstić information content (AvgIpc) is 3.06. The van der Waals surface area contributed by atoms with Gasteiger partial charge >= 0.3 is 5.97 Å². The van der Waals surface area contributed by atoms with Gasteiger partial charge in [-0.1, -0.05) is 12.1 Å². The molecule has 1 aromatic heterocycles. The molecule has 1 fully saturated rings. The van der Waals surface area contributed by atoms with E-state index in [0.717, 1.165) is 12.0 Å². The van der Waals surface area contributed by atoms with Gasteiger partial charge in [0.2, 0.25) is 0 Å². The zero-order valence-corrected chi connectivity index (χ0v) is 18.7. The van der Waals surface area contributed by atoms with E-state index in [1.807, 2.05) is 12.1 Å². The van der Waals surface area contributed by atoms with Crippen LogP contribution in [-0.2, 0) is 20.7 Å². The van der Waals surface area contributed by atoms with E-state index in [1.54, 1.807) is 38.3 Å². The normalized spacial score (nSPS) is 17.5. The quantitative estimate of drug-likeness (QED) is 0.459. The maximum Gasteiger partial charge on any atom is 0.311 e. The molecule has 0 spiro atoms. The number of nitrogens with zero attached hydrogens (tertiary/aromatic N) is 1. The van der Waals surface area contributed by atoms with Crippen molar-refractivity contribution in [1.29, 1.82) is 0 Å². The number of halogens is 2. The van der Waals surface area contributed by atoms with Crippen molar-refractivity contribution in [2.24, 2.45) is 0 Å². The fraction of sp³-hybridized carbons (Fsp3) is 0.450. The molecule has 1 N–H and O–H groups in total. The number of alkyl halides is 2. The lowest BCUT2D eigenvalue weighted by Gasteiger charge is -2.24. The number of rotatable bonds is 8. The number of aromatic nitrogens is 1. The van der Waals surface area contributed by atoms with Gasteiger partial charge in [0.1, 0.15) is 10.1 Å². The summed E-state index contributed by atoms with van der Waals surface area (Å²) >= 11 is 13.4. The van der Waals surface area contributed by atoms with Crippen molar-refractivity contribution < 1.29 is 19.1 Å². The summed E-state index contributed by atoms with van der Waals surface area (Å²) in [5, 5.41) is 4.85. The van der Waals surface area contributed by atoms with E-state index < -0.39 is 9.93 Å². The van der Waals surface area contributed by atoms with Crippen LogP contribution < -0.4 is 10.1 Å². The first-order valence-corrected chi connectivity index (χ1v) is 10.8. The second-order valence-corrected chi connectivity index (χ2v) is 9.68. The van der Waals surface area contributed by atoms with Crippen molar-refractivity contribution in [2.75, 3.05) is 11.9 Å². The third kappa shape index (κ3) is 5.62. The molecule has 29 heavy (non-hydrogen) atoms. The first-order chi connectivity index (χ1) is 13.6. The number of thiazole rings is 1. The van der Waals surface area contributed by atoms with Crippen molar-refractivity contribution in [3.05, 3.63) is 40.9 Å². The van der Waals surface area contributed by atoms with E-state index in [2.05, 4.69) is 10.3 Å². The smallest absolute Gasteiger partial charge is 0.311 e. The van der Waals surface area contributed by atoms with Crippen molar-refractivity contribution in [1.82, 2.24) is 4.98 Å². The monoisotopic (exact) mass is 456 g/mol. The van der Waals surface area contributed by atoms with Crippen molar-refractivity contribution in [3.63, 3.8) is 0 Å². The van der Waals surface area contributed by atoms with Gasteiger partial charge < -0.3 is 9.47 Å². The van der Waals surface area contributed by atoms with E-state index in [0.29, 0.717) is 23.2 Å². The predicted molar refractivity (Wildman–Crippen MR) is 114 cm³/mol. The summed E-state index contributed by atoms with van der Waals surface area (Å²) in [6.45, 7) is 5.41. The van der Waals surface area contributed by atoms with Crippen LogP contribution in [-0.4, -0.2) is 33.4 Å². The minimum atomic E-state index is -1.13. The maximum absolute atomic E-state index is 12.6. The summed E-state index contributed by atoms with van der Waals surface area (Å²) in [5.74, 6) is -0.00720. The molecule has 0 saturated heterocycles. The SMILES string of the molecule is CCOC(=O)Cc1csc(NC(=O)C(C)(C)Oc2ccc([C@H]3CC3(Cl)Cl)cc2)n1. The first-order valence-electron chi connectivity index (χ1n) is 9.19. The first kappa shape index (κ1) is 21.9. The highest BCUT2D eigenvalue weighted by Gasteiger charge is 2.52. The van der Waals surface area contributed by atoms with Crippen LogP contribution in [0.3, 0.4) is 0 Å². The predicted octanol–water partition coefficient (Wildman–Crippen LogP) is 4.71. The second-order valence-electron chi connectivity index (χ2n) is 7.28. The Bertz CT molecular complexity index is 896. The Morgan fingerprint density at radius 2 is 1.97 bits per heavy atom. The number of carbonyl (C=O) groups is 2. The number of anilines is 1. The molecular weight excluding hydrogens is 435 g/mol. The number of esters is 1. The lowest BCUT2D eigenvalue weighted by molar-refractivity contribution is -0.142. The molecule has 9 heteroatoms. The van der Waals surface area contributed by atoms with Gasteiger partial charge in [-0.3, -0.25) is 14.9 Å². The van der Waals surface area contributed by atoms with Crippen molar-refractivity contribution in [2.45, 2.75) is 49.5 Å². The average molecular weight is 457 g/mol. The molecule has 1 aliphatic rings. The summed E-state index contributed by atoms with van der Waals surface area (Å²) in [4.78, 5) is 28.4. The standard InChI is InChI=1S/C20H22Cl2N2O4S/c1-4-27-16(25)9-13-11-29-18(23-13)24-17(26)19(2,3)28-14-7-5-12(6-8-14)15-10-20(15,21)22/h5-8,11,15H,4,9-10H2,1-3H3,(H,23,24,26)/t15-/m1/s1. The number of ether oxygens (including phenoxy) is 2. The van der Waals surface area contributed by atoms with Crippen molar-refractivity contribution in [3.8, 4) is 5.75 Å². The number of nitrogens with one attached hydrogen (secondary N) is 1. The fourth-order valence-corrected chi connectivity index (χ4v) is 4.00. The van der Waals surface area contributed by atoms with E-state index >= 15 is 0 Å². The van der Waals surface area contributed by atoms with Crippen LogP contribution in [0.5, 0.6) is 5.75 Å². The highest BCUT2D eigenvalue weighted by Crippen LogP contribution is 2.59. The molecule has 0 bridgehead atoms. The molecule has 1 saturated carbocycles. The van der Waals surface area contributed by atoms with Gasteiger partial charge in [-0.2, -0.15) is 0 Å². The molecule has 6 nitrogen and oxygen atoms in total. The Morgan fingerprint density at radius 3 is 2.55 bits per heavy atom. The molecule has 2 aromatic rings. The van der Waals surface area contributed by atoms with Crippen LogP contribution in [0.1, 0.15) is 44.4 Å². The van der Waals surface area contributed by atoms with Gasteiger partial charge in [-0.15, -0.1) is 34.5 Å². The van der Waals surface area contributed by atoms with Crippen molar-refractivity contribution >= 4 is 51.5 Å². The molecule has 1 amide bonds. The highest BCUT2D eigenvalue weighted by atomic mass is 35.5. The van der Waals surface area contributed by atoms with Gasteiger partial charge in [0.05, 0.1) is 18.7 Å². The molecule has 1 heterocycles. The summed E-state index contributed by atoms with van der Waals surface area (Å²) in [5.41, 5.74) is 0.464. The number of hydrogen-bond acceptors (Lipinski definition) is 6. The molecule has 0 unspecified atom stereocenters.